The Balaban J connectivity index is 2.55. The van der Waals surface area contributed by atoms with E-state index < -0.39 is 17.9 Å². The molecule has 124 valence electrons. The molecule has 0 spiro atoms. The van der Waals surface area contributed by atoms with Gasteiger partial charge in [0.2, 0.25) is 5.88 Å². The monoisotopic (exact) mass is 321 g/mol. The van der Waals surface area contributed by atoms with Crippen LogP contribution in [0.25, 0.3) is 0 Å². The summed E-state index contributed by atoms with van der Waals surface area (Å²) in [5.41, 5.74) is 6.05. The molecule has 0 fully saturated rings. The van der Waals surface area contributed by atoms with E-state index in [1.165, 1.54) is 6.26 Å². The van der Waals surface area contributed by atoms with E-state index in [0.717, 1.165) is 0 Å². The number of carbonyl (C=O) groups excluding carboxylic acids is 2. The van der Waals surface area contributed by atoms with Gasteiger partial charge in [-0.2, -0.15) is 0 Å². The number of hydrogen-bond acceptors (Lipinski definition) is 7. The highest BCUT2D eigenvalue weighted by Crippen LogP contribution is 2.40. The third-order valence-electron chi connectivity index (χ3n) is 3.30. The lowest BCUT2D eigenvalue weighted by molar-refractivity contribution is -0.140. The van der Waals surface area contributed by atoms with E-state index in [1.54, 1.807) is 32.9 Å². The largest absolute Gasteiger partial charge is 0.468 e. The fraction of sp³-hybridized carbons (Fsp3) is 0.375. The molecule has 7 heteroatoms. The number of carbonyl (C=O) groups is 2. The maximum atomic E-state index is 12.3. The van der Waals surface area contributed by atoms with Crippen molar-refractivity contribution in [2.75, 3.05) is 13.2 Å². The number of furan rings is 1. The Hall–Kier alpha value is -2.70. The second-order valence-electron chi connectivity index (χ2n) is 4.74. The summed E-state index contributed by atoms with van der Waals surface area (Å²) in [6, 6.07) is 3.30. The molecule has 7 nitrogen and oxygen atoms in total. The van der Waals surface area contributed by atoms with Gasteiger partial charge in [0.1, 0.15) is 17.1 Å². The third kappa shape index (κ3) is 3.23. The molecule has 2 rings (SSSR count). The molecule has 23 heavy (non-hydrogen) atoms. The molecule has 1 aromatic heterocycles. The minimum Gasteiger partial charge on any atom is -0.468 e. The highest BCUT2D eigenvalue weighted by Gasteiger charge is 2.41. The zero-order valence-electron chi connectivity index (χ0n) is 13.3. The van der Waals surface area contributed by atoms with Crippen molar-refractivity contribution in [2.45, 2.75) is 26.7 Å². The molecule has 0 unspecified atom stereocenters. The van der Waals surface area contributed by atoms with Gasteiger partial charge in [-0.25, -0.2) is 9.59 Å². The number of nitrogens with two attached hydrogens (primary N) is 1. The highest BCUT2D eigenvalue weighted by molar-refractivity contribution is 5.99. The van der Waals surface area contributed by atoms with E-state index in [-0.39, 0.29) is 36.0 Å². The first-order valence-corrected chi connectivity index (χ1v) is 7.27. The Morgan fingerprint density at radius 3 is 2.30 bits per heavy atom. The smallest absolute Gasteiger partial charge is 0.340 e. The minimum atomic E-state index is -0.836. The molecule has 1 aliphatic heterocycles. The topological polar surface area (TPSA) is 101 Å². The van der Waals surface area contributed by atoms with Crippen molar-refractivity contribution in [3.05, 3.63) is 46.9 Å². The van der Waals surface area contributed by atoms with Crippen LogP contribution in [-0.2, 0) is 23.8 Å². The molecule has 2 N–H and O–H groups in total. The van der Waals surface area contributed by atoms with E-state index >= 15 is 0 Å². The number of allylic oxidation sites excluding steroid dienone is 1. The van der Waals surface area contributed by atoms with Crippen molar-refractivity contribution in [1.82, 2.24) is 0 Å². The Morgan fingerprint density at radius 1 is 1.17 bits per heavy atom. The summed E-state index contributed by atoms with van der Waals surface area (Å²) in [6.45, 7) is 5.30. The van der Waals surface area contributed by atoms with Crippen LogP contribution >= 0.6 is 0 Å². The fourth-order valence-corrected chi connectivity index (χ4v) is 2.40. The number of rotatable bonds is 5. The maximum Gasteiger partial charge on any atom is 0.340 e. The van der Waals surface area contributed by atoms with Crippen LogP contribution < -0.4 is 5.73 Å². The van der Waals surface area contributed by atoms with Crippen LogP contribution in [0, 0.1) is 0 Å². The van der Waals surface area contributed by atoms with E-state index in [1.807, 2.05) is 0 Å². The lowest BCUT2D eigenvalue weighted by atomic mass is 9.86. The minimum absolute atomic E-state index is 0.0236. The number of hydrogen-bond donors (Lipinski definition) is 1. The summed E-state index contributed by atoms with van der Waals surface area (Å²) in [7, 11) is 0. The summed E-state index contributed by atoms with van der Waals surface area (Å²) >= 11 is 0. The van der Waals surface area contributed by atoms with Gasteiger partial charge in [-0.05, 0) is 32.9 Å². The fourth-order valence-electron chi connectivity index (χ4n) is 2.40. The van der Waals surface area contributed by atoms with Crippen LogP contribution in [0.15, 0.2) is 45.6 Å². The Kier molecular flexibility index (Phi) is 5.10. The van der Waals surface area contributed by atoms with Gasteiger partial charge in [0, 0.05) is 0 Å². The molecule has 0 aliphatic carbocycles. The van der Waals surface area contributed by atoms with Gasteiger partial charge in [-0.1, -0.05) is 0 Å². The summed E-state index contributed by atoms with van der Waals surface area (Å²) in [5, 5.41) is 0. The van der Waals surface area contributed by atoms with E-state index in [4.69, 9.17) is 24.4 Å². The maximum absolute atomic E-state index is 12.3. The quantitative estimate of drug-likeness (QED) is 0.827. The molecule has 2 heterocycles. The molecule has 0 aromatic carbocycles. The third-order valence-corrected chi connectivity index (χ3v) is 3.30. The zero-order valence-corrected chi connectivity index (χ0v) is 13.3. The lowest BCUT2D eigenvalue weighted by Crippen LogP contribution is -2.30. The van der Waals surface area contributed by atoms with Gasteiger partial charge in [-0.3, -0.25) is 0 Å². The van der Waals surface area contributed by atoms with Crippen LogP contribution in [0.4, 0.5) is 0 Å². The predicted octanol–water partition coefficient (Wildman–Crippen LogP) is 1.96. The highest BCUT2D eigenvalue weighted by atomic mass is 16.5. The molecule has 1 aromatic rings. The molecule has 1 atom stereocenters. The average molecular weight is 321 g/mol. The molecule has 1 aliphatic rings. The van der Waals surface area contributed by atoms with Crippen molar-refractivity contribution < 1.29 is 28.2 Å². The lowest BCUT2D eigenvalue weighted by Gasteiger charge is -2.27. The summed E-state index contributed by atoms with van der Waals surface area (Å²) in [6.07, 6.45) is 1.45. The van der Waals surface area contributed by atoms with Gasteiger partial charge in [0.25, 0.3) is 0 Å². The normalized spacial score (nSPS) is 17.8. The first-order chi connectivity index (χ1) is 11.0. The summed E-state index contributed by atoms with van der Waals surface area (Å²) in [5.74, 6) is -1.58. The Labute approximate surface area is 133 Å². The predicted molar refractivity (Wildman–Crippen MR) is 79.7 cm³/mol. The van der Waals surface area contributed by atoms with Crippen LogP contribution in [0.2, 0.25) is 0 Å². The number of esters is 2. The van der Waals surface area contributed by atoms with E-state index in [2.05, 4.69) is 0 Å². The van der Waals surface area contributed by atoms with Crippen molar-refractivity contribution in [2.24, 2.45) is 5.73 Å². The first kappa shape index (κ1) is 16.7. The Morgan fingerprint density at radius 2 is 1.78 bits per heavy atom. The van der Waals surface area contributed by atoms with Crippen LogP contribution in [-0.4, -0.2) is 25.2 Å². The standard InChI is InChI=1S/C16H19NO6/c1-4-20-15(18)11-9(3)23-14(17)13(16(19)21-5-2)12(11)10-7-6-8-22-10/h6-8,12H,4-5,17H2,1-3H3/t12-/m1/s1. The molecular formula is C16H19NO6. The Bertz CT molecular complexity index is 616. The van der Waals surface area contributed by atoms with Gasteiger partial charge in [-0.15, -0.1) is 0 Å². The molecule has 0 saturated carbocycles. The first-order valence-electron chi connectivity index (χ1n) is 7.27. The summed E-state index contributed by atoms with van der Waals surface area (Å²) in [4.78, 5) is 24.6. The molecule has 0 radical (unpaired) electrons. The van der Waals surface area contributed by atoms with Crippen molar-refractivity contribution in [1.29, 1.82) is 0 Å². The average Bonchev–Trinajstić information content (AvgIpc) is 3.00. The van der Waals surface area contributed by atoms with E-state index in [9.17, 15) is 9.59 Å². The molecule has 0 bridgehead atoms. The van der Waals surface area contributed by atoms with Gasteiger partial charge in [0.15, 0.2) is 0 Å². The second-order valence-corrected chi connectivity index (χ2v) is 4.74. The van der Waals surface area contributed by atoms with Gasteiger partial charge >= 0.3 is 11.9 Å². The van der Waals surface area contributed by atoms with Gasteiger partial charge in [0.05, 0.1) is 31.0 Å². The van der Waals surface area contributed by atoms with Crippen molar-refractivity contribution in [3.8, 4) is 0 Å². The van der Waals surface area contributed by atoms with Crippen LogP contribution in [0.5, 0.6) is 0 Å². The van der Waals surface area contributed by atoms with E-state index in [0.29, 0.717) is 5.76 Å². The van der Waals surface area contributed by atoms with Crippen molar-refractivity contribution >= 4 is 11.9 Å². The summed E-state index contributed by atoms with van der Waals surface area (Å²) < 4.78 is 20.9. The van der Waals surface area contributed by atoms with Crippen LogP contribution in [0.3, 0.4) is 0 Å². The molecular weight excluding hydrogens is 302 g/mol. The number of ether oxygens (including phenoxy) is 3. The molecule has 0 amide bonds. The van der Waals surface area contributed by atoms with Gasteiger partial charge < -0.3 is 24.4 Å². The SMILES string of the molecule is CCOC(=O)C1=C(C)OC(N)=C(C(=O)OCC)[C@@H]1c1ccco1. The second kappa shape index (κ2) is 7.04. The molecule has 0 saturated heterocycles. The van der Waals surface area contributed by atoms with Crippen molar-refractivity contribution in [3.63, 3.8) is 0 Å². The van der Waals surface area contributed by atoms with Crippen LogP contribution in [0.1, 0.15) is 32.4 Å². The zero-order chi connectivity index (χ0) is 17.0.